The van der Waals surface area contributed by atoms with Crippen molar-refractivity contribution in [2.75, 3.05) is 0 Å². The van der Waals surface area contributed by atoms with Crippen LogP contribution >= 0.6 is 0 Å². The molecule has 0 saturated heterocycles. The van der Waals surface area contributed by atoms with Crippen molar-refractivity contribution < 1.29 is 4.79 Å². The van der Waals surface area contributed by atoms with Crippen LogP contribution < -0.4 is 11.1 Å². The Bertz CT molecular complexity index is 568. The van der Waals surface area contributed by atoms with Gasteiger partial charge in [0.1, 0.15) is 0 Å². The molecule has 0 aromatic carbocycles. The van der Waals surface area contributed by atoms with E-state index in [0.29, 0.717) is 30.0 Å². The molecule has 0 spiro atoms. The Morgan fingerprint density at radius 2 is 2.11 bits per heavy atom. The van der Waals surface area contributed by atoms with E-state index < -0.39 is 0 Å². The molecule has 98 valence electrons. The van der Waals surface area contributed by atoms with Crippen LogP contribution in [0.1, 0.15) is 27.4 Å². The molecule has 2 heterocycles. The van der Waals surface area contributed by atoms with Crippen LogP contribution in [-0.4, -0.2) is 20.9 Å². The molecule has 0 atom stereocenters. The van der Waals surface area contributed by atoms with Gasteiger partial charge in [-0.25, -0.2) is 0 Å². The minimum atomic E-state index is -0.181. The molecule has 0 radical (unpaired) electrons. The number of aryl methyl sites for hydroxylation is 1. The molecule has 0 bridgehead atoms. The summed E-state index contributed by atoms with van der Waals surface area (Å²) in [4.78, 5) is 24.3. The number of amides is 1. The monoisotopic (exact) mass is 257 g/mol. The molecule has 6 nitrogen and oxygen atoms in total. The maximum atomic E-state index is 11.9. The zero-order valence-electron chi connectivity index (χ0n) is 10.6. The molecular weight excluding hydrogens is 242 g/mol. The van der Waals surface area contributed by atoms with E-state index in [9.17, 15) is 4.79 Å². The Hall–Kier alpha value is -2.34. The Labute approximate surface area is 111 Å². The first-order valence-electron chi connectivity index (χ1n) is 5.90. The summed E-state index contributed by atoms with van der Waals surface area (Å²) in [7, 11) is 0. The Kier molecular flexibility index (Phi) is 4.15. The van der Waals surface area contributed by atoms with Crippen LogP contribution in [0.3, 0.4) is 0 Å². The van der Waals surface area contributed by atoms with E-state index in [1.807, 2.05) is 6.92 Å². The largest absolute Gasteiger partial charge is 0.346 e. The van der Waals surface area contributed by atoms with Crippen LogP contribution in [0.5, 0.6) is 0 Å². The number of pyridine rings is 1. The molecule has 0 fully saturated rings. The lowest BCUT2D eigenvalue weighted by Crippen LogP contribution is -2.23. The van der Waals surface area contributed by atoms with Gasteiger partial charge in [-0.3, -0.25) is 19.7 Å². The first kappa shape index (κ1) is 13.1. The van der Waals surface area contributed by atoms with E-state index in [2.05, 4.69) is 20.3 Å². The summed E-state index contributed by atoms with van der Waals surface area (Å²) >= 11 is 0. The summed E-state index contributed by atoms with van der Waals surface area (Å²) < 4.78 is 0. The maximum absolute atomic E-state index is 11.9. The molecule has 0 aliphatic carbocycles. The summed E-state index contributed by atoms with van der Waals surface area (Å²) in [6.07, 6.45) is 4.89. The van der Waals surface area contributed by atoms with Gasteiger partial charge in [-0.05, 0) is 19.1 Å². The van der Waals surface area contributed by atoms with E-state index in [-0.39, 0.29) is 5.91 Å². The van der Waals surface area contributed by atoms with Crippen molar-refractivity contribution >= 4 is 5.91 Å². The number of carbonyl (C=O) groups excluding carboxylic acids is 1. The highest BCUT2D eigenvalue weighted by Gasteiger charge is 2.06. The van der Waals surface area contributed by atoms with E-state index >= 15 is 0 Å². The average Bonchev–Trinajstić information content (AvgIpc) is 2.46. The van der Waals surface area contributed by atoms with Gasteiger partial charge in [-0.2, -0.15) is 0 Å². The van der Waals surface area contributed by atoms with E-state index in [0.717, 1.165) is 5.69 Å². The number of hydrogen-bond donors (Lipinski definition) is 2. The second kappa shape index (κ2) is 6.01. The number of nitrogens with one attached hydrogen (secondary N) is 1. The van der Waals surface area contributed by atoms with Crippen LogP contribution in [0, 0.1) is 6.92 Å². The third-order valence-corrected chi connectivity index (χ3v) is 2.55. The topological polar surface area (TPSA) is 93.8 Å². The molecule has 0 saturated carbocycles. The fraction of sp³-hybridized carbons (Fsp3) is 0.231. The maximum Gasteiger partial charge on any atom is 0.251 e. The predicted molar refractivity (Wildman–Crippen MR) is 70.1 cm³/mol. The highest BCUT2D eigenvalue weighted by molar-refractivity contribution is 5.94. The number of nitrogens with zero attached hydrogens (tertiary/aromatic N) is 3. The van der Waals surface area contributed by atoms with Crippen LogP contribution in [-0.2, 0) is 13.1 Å². The number of carbonyl (C=O) groups is 1. The zero-order valence-corrected chi connectivity index (χ0v) is 10.6. The van der Waals surface area contributed by atoms with Crippen molar-refractivity contribution in [3.05, 3.63) is 53.4 Å². The Morgan fingerprint density at radius 1 is 1.26 bits per heavy atom. The van der Waals surface area contributed by atoms with Gasteiger partial charge in [0.25, 0.3) is 5.91 Å². The van der Waals surface area contributed by atoms with Crippen LogP contribution in [0.25, 0.3) is 0 Å². The molecule has 0 aliphatic rings. The lowest BCUT2D eigenvalue weighted by Gasteiger charge is -2.05. The van der Waals surface area contributed by atoms with Crippen molar-refractivity contribution in [1.29, 1.82) is 0 Å². The van der Waals surface area contributed by atoms with Gasteiger partial charge in [0.2, 0.25) is 0 Å². The minimum Gasteiger partial charge on any atom is -0.346 e. The third kappa shape index (κ3) is 3.56. The molecule has 2 aromatic heterocycles. The standard InChI is InChI=1S/C13H15N5O/c1-9-6-17-12(7-16-9)8-18-13(19)10-2-3-15-11(4-10)5-14/h2-4,6-7H,5,8,14H2,1H3,(H,18,19). The van der Waals surface area contributed by atoms with Crippen molar-refractivity contribution in [2.24, 2.45) is 5.73 Å². The van der Waals surface area contributed by atoms with Crippen LogP contribution in [0.4, 0.5) is 0 Å². The molecule has 0 unspecified atom stereocenters. The second-order valence-electron chi connectivity index (χ2n) is 4.07. The molecule has 2 aromatic rings. The summed E-state index contributed by atoms with van der Waals surface area (Å²) in [6, 6.07) is 3.32. The average molecular weight is 257 g/mol. The van der Waals surface area contributed by atoms with Gasteiger partial charge in [0.15, 0.2) is 0 Å². The van der Waals surface area contributed by atoms with Gasteiger partial charge in [-0.1, -0.05) is 0 Å². The molecule has 2 rings (SSSR count). The van der Waals surface area contributed by atoms with Crippen LogP contribution in [0.15, 0.2) is 30.7 Å². The van der Waals surface area contributed by atoms with Gasteiger partial charge in [0, 0.05) is 24.5 Å². The summed E-state index contributed by atoms with van der Waals surface area (Å²) in [6.45, 7) is 2.51. The van der Waals surface area contributed by atoms with E-state index in [1.54, 1.807) is 30.7 Å². The van der Waals surface area contributed by atoms with Crippen molar-refractivity contribution in [2.45, 2.75) is 20.0 Å². The summed E-state index contributed by atoms with van der Waals surface area (Å²) in [5.41, 5.74) is 8.27. The SMILES string of the molecule is Cc1cnc(CNC(=O)c2ccnc(CN)c2)cn1. The number of hydrogen-bond acceptors (Lipinski definition) is 5. The normalized spacial score (nSPS) is 10.2. The minimum absolute atomic E-state index is 0.181. The van der Waals surface area contributed by atoms with Crippen molar-refractivity contribution in [3.63, 3.8) is 0 Å². The lowest BCUT2D eigenvalue weighted by molar-refractivity contribution is 0.0950. The molecule has 3 N–H and O–H groups in total. The fourth-order valence-corrected chi connectivity index (χ4v) is 1.51. The highest BCUT2D eigenvalue weighted by atomic mass is 16.1. The first-order valence-corrected chi connectivity index (χ1v) is 5.90. The quantitative estimate of drug-likeness (QED) is 0.835. The van der Waals surface area contributed by atoms with Crippen molar-refractivity contribution in [3.8, 4) is 0 Å². The third-order valence-electron chi connectivity index (χ3n) is 2.55. The van der Waals surface area contributed by atoms with Gasteiger partial charge in [0.05, 0.1) is 29.8 Å². The van der Waals surface area contributed by atoms with E-state index in [1.165, 1.54) is 0 Å². The molecule has 19 heavy (non-hydrogen) atoms. The Balaban J connectivity index is 1.99. The molecular formula is C13H15N5O. The Morgan fingerprint density at radius 3 is 2.79 bits per heavy atom. The van der Waals surface area contributed by atoms with Gasteiger partial charge in [-0.15, -0.1) is 0 Å². The van der Waals surface area contributed by atoms with Crippen molar-refractivity contribution in [1.82, 2.24) is 20.3 Å². The van der Waals surface area contributed by atoms with Crippen LogP contribution in [0.2, 0.25) is 0 Å². The molecule has 1 amide bonds. The first-order chi connectivity index (χ1) is 9.19. The summed E-state index contributed by atoms with van der Waals surface area (Å²) in [5.74, 6) is -0.181. The molecule has 6 heteroatoms. The van der Waals surface area contributed by atoms with Gasteiger partial charge < -0.3 is 11.1 Å². The fourth-order valence-electron chi connectivity index (χ4n) is 1.51. The smallest absolute Gasteiger partial charge is 0.251 e. The van der Waals surface area contributed by atoms with Gasteiger partial charge >= 0.3 is 0 Å². The molecule has 0 aliphatic heterocycles. The lowest BCUT2D eigenvalue weighted by atomic mass is 10.2. The number of rotatable bonds is 4. The summed E-state index contributed by atoms with van der Waals surface area (Å²) in [5, 5.41) is 2.78. The predicted octanol–water partition coefficient (Wildman–Crippen LogP) is 0.569. The number of nitrogens with two attached hydrogens (primary N) is 1. The van der Waals surface area contributed by atoms with E-state index in [4.69, 9.17) is 5.73 Å². The number of aromatic nitrogens is 3. The zero-order chi connectivity index (χ0) is 13.7. The highest BCUT2D eigenvalue weighted by Crippen LogP contribution is 2.02. The second-order valence-corrected chi connectivity index (χ2v) is 4.07.